The van der Waals surface area contributed by atoms with E-state index in [9.17, 15) is 14.4 Å². The van der Waals surface area contributed by atoms with Gasteiger partial charge in [-0.3, -0.25) is 9.59 Å². The Labute approximate surface area is 171 Å². The molecule has 0 spiro atoms. The monoisotopic (exact) mass is 415 g/mol. The third kappa shape index (κ3) is 3.39. The third-order valence-electron chi connectivity index (χ3n) is 4.81. The van der Waals surface area contributed by atoms with Crippen LogP contribution in [0.1, 0.15) is 6.92 Å². The number of anilines is 1. The van der Waals surface area contributed by atoms with Crippen LogP contribution in [0.3, 0.4) is 0 Å². The van der Waals surface area contributed by atoms with Crippen molar-refractivity contribution in [1.29, 1.82) is 0 Å². The highest BCUT2D eigenvalue weighted by Gasteiger charge is 2.47. The number of hydrogen-bond donors (Lipinski definition) is 1. The van der Waals surface area contributed by atoms with E-state index in [2.05, 4.69) is 10.3 Å². The first-order valence-electron chi connectivity index (χ1n) is 8.86. The predicted molar refractivity (Wildman–Crippen MR) is 108 cm³/mol. The van der Waals surface area contributed by atoms with Gasteiger partial charge in [-0.2, -0.15) is 9.48 Å². The number of urea groups is 1. The van der Waals surface area contributed by atoms with Gasteiger partial charge in [-0.25, -0.2) is 4.79 Å². The molecular weight excluding hydrogens is 396 g/mol. The molecule has 29 heavy (non-hydrogen) atoms. The number of hydrogen-bond acceptors (Lipinski definition) is 7. The minimum atomic E-state index is -0.684. The summed E-state index contributed by atoms with van der Waals surface area (Å²) in [6, 6.07) is 4.75. The fraction of sp³-hybridized carbons (Fsp3) is 0.316. The lowest BCUT2D eigenvalue weighted by molar-refractivity contribution is -0.407. The van der Waals surface area contributed by atoms with Crippen molar-refractivity contribution in [2.24, 2.45) is 10.9 Å². The quantitative estimate of drug-likeness (QED) is 0.752. The molecule has 150 valence electrons. The summed E-state index contributed by atoms with van der Waals surface area (Å²) in [5.41, 5.74) is 1.39. The molecule has 1 aromatic carbocycles. The smallest absolute Gasteiger partial charge is 0.445 e. The Hall–Kier alpha value is -3.14. The number of aliphatic imine (C=N–C) groups is 1. The summed E-state index contributed by atoms with van der Waals surface area (Å²) in [7, 11) is 3.03. The third-order valence-corrected chi connectivity index (χ3v) is 6.08. The van der Waals surface area contributed by atoms with Crippen LogP contribution in [0.25, 0.3) is 0 Å². The lowest BCUT2D eigenvalue weighted by atomic mass is 9.99. The van der Waals surface area contributed by atoms with Gasteiger partial charge in [0.25, 0.3) is 5.84 Å². The largest absolute Gasteiger partial charge is 0.454 e. The zero-order valence-electron chi connectivity index (χ0n) is 16.1. The fourth-order valence-electron chi connectivity index (χ4n) is 3.27. The van der Waals surface area contributed by atoms with E-state index < -0.39 is 11.9 Å². The lowest BCUT2D eigenvalue weighted by Crippen LogP contribution is -2.52. The second-order valence-electron chi connectivity index (χ2n) is 6.74. The summed E-state index contributed by atoms with van der Waals surface area (Å²) in [6.45, 7) is 2.00. The number of amidine groups is 1. The van der Waals surface area contributed by atoms with E-state index in [-0.39, 0.29) is 24.4 Å². The maximum Gasteiger partial charge on any atom is 0.445 e. The van der Waals surface area contributed by atoms with Gasteiger partial charge in [0.05, 0.1) is 19.8 Å². The maximum absolute atomic E-state index is 12.7. The molecular formula is C19H19N4O5S+. The number of benzene rings is 1. The van der Waals surface area contributed by atoms with E-state index in [4.69, 9.17) is 9.47 Å². The molecule has 0 fully saturated rings. The first-order valence-corrected chi connectivity index (χ1v) is 9.84. The molecule has 9 nitrogen and oxygen atoms in total. The summed E-state index contributed by atoms with van der Waals surface area (Å²) in [5.74, 6) is 0.449. The van der Waals surface area contributed by atoms with Gasteiger partial charge < -0.3 is 14.8 Å². The topological polar surface area (TPSA) is 100 Å². The lowest BCUT2D eigenvalue weighted by Gasteiger charge is -2.27. The molecule has 10 heteroatoms. The molecule has 0 saturated heterocycles. The predicted octanol–water partition coefficient (Wildman–Crippen LogP) is 1.69. The number of nitrogens with one attached hydrogen (secondary N) is 1. The van der Waals surface area contributed by atoms with Crippen molar-refractivity contribution in [3.8, 4) is 11.5 Å². The minimum absolute atomic E-state index is 0.105. The molecule has 0 aromatic heterocycles. The Bertz CT molecular complexity index is 1030. The van der Waals surface area contributed by atoms with Crippen molar-refractivity contribution < 1.29 is 28.4 Å². The number of thioether (sulfide) groups is 1. The van der Waals surface area contributed by atoms with Gasteiger partial charge in [0.15, 0.2) is 17.4 Å². The van der Waals surface area contributed by atoms with E-state index in [1.54, 1.807) is 31.5 Å². The average Bonchev–Trinajstić information content (AvgIpc) is 3.17. The molecule has 3 aliphatic heterocycles. The molecule has 1 aromatic rings. The molecule has 4 amide bonds. The van der Waals surface area contributed by atoms with Gasteiger partial charge in [0.2, 0.25) is 12.7 Å². The van der Waals surface area contributed by atoms with Gasteiger partial charge in [0.1, 0.15) is 6.21 Å². The van der Waals surface area contributed by atoms with Gasteiger partial charge in [-0.05, 0) is 24.6 Å². The molecule has 0 radical (unpaired) electrons. The summed E-state index contributed by atoms with van der Waals surface area (Å²) in [5, 5.41) is 2.82. The van der Waals surface area contributed by atoms with Gasteiger partial charge in [-0.1, -0.05) is 0 Å². The highest BCUT2D eigenvalue weighted by molar-refractivity contribution is 8.03. The highest BCUT2D eigenvalue weighted by atomic mass is 32.2. The molecule has 0 saturated carbocycles. The number of dihydropyridines is 1. The van der Waals surface area contributed by atoms with Gasteiger partial charge in [-0.15, -0.1) is 16.8 Å². The standard InChI is InChI=1S/C19H18N4O5S/c1-10-7-20-17-15(18(25)23(3)19(26)22(17)2)16(10)29-8-14(24)21-11-4-5-12-13(6-11)28-9-27-12/h4-7,15H,8-9H2,1-3H3/p+1. The van der Waals surface area contributed by atoms with Crippen LogP contribution in [0.5, 0.6) is 11.5 Å². The van der Waals surface area contributed by atoms with Gasteiger partial charge >= 0.3 is 11.9 Å². The Morgan fingerprint density at radius 1 is 1.34 bits per heavy atom. The van der Waals surface area contributed by atoms with Crippen LogP contribution in [-0.4, -0.2) is 66.0 Å². The normalized spacial score (nSPS) is 20.4. The number of carbonyl (C=O) groups excluding carboxylic acids is 3. The average molecular weight is 415 g/mol. The summed E-state index contributed by atoms with van der Waals surface area (Å²) < 4.78 is 11.9. The summed E-state index contributed by atoms with van der Waals surface area (Å²) >= 11 is 1.27. The second kappa shape index (κ2) is 7.36. The van der Waals surface area contributed by atoms with Crippen molar-refractivity contribution in [3.05, 3.63) is 28.7 Å². The van der Waals surface area contributed by atoms with E-state index in [1.807, 2.05) is 6.92 Å². The molecule has 1 atom stereocenters. The van der Waals surface area contributed by atoms with Crippen LogP contribution >= 0.6 is 11.8 Å². The zero-order chi connectivity index (χ0) is 20.7. The molecule has 3 aliphatic rings. The Morgan fingerprint density at radius 2 is 2.10 bits per heavy atom. The fourth-order valence-corrected chi connectivity index (χ4v) is 4.28. The van der Waals surface area contributed by atoms with E-state index in [0.717, 1.165) is 10.5 Å². The summed E-state index contributed by atoms with van der Waals surface area (Å²) in [6.07, 6.45) is 1.62. The first kappa shape index (κ1) is 19.2. The number of rotatable bonds is 4. The van der Waals surface area contributed by atoms with Crippen LogP contribution < -0.4 is 14.8 Å². The van der Waals surface area contributed by atoms with Gasteiger partial charge in [0, 0.05) is 16.7 Å². The Kier molecular flexibility index (Phi) is 4.87. The van der Waals surface area contributed by atoms with Crippen molar-refractivity contribution in [3.63, 3.8) is 0 Å². The summed E-state index contributed by atoms with van der Waals surface area (Å²) in [4.78, 5) is 43.4. The molecule has 4 rings (SSSR count). The minimum Gasteiger partial charge on any atom is -0.454 e. The van der Waals surface area contributed by atoms with Crippen molar-refractivity contribution in [2.75, 3.05) is 32.0 Å². The molecule has 1 N–H and O–H groups in total. The highest BCUT2D eigenvalue weighted by Crippen LogP contribution is 2.36. The number of nitrogens with zero attached hydrogens (tertiary/aromatic N) is 3. The van der Waals surface area contributed by atoms with Crippen LogP contribution in [0, 0.1) is 5.92 Å². The number of allylic oxidation sites excluding steroid dienone is 1. The number of ether oxygens (including phenoxy) is 2. The molecule has 3 heterocycles. The van der Waals surface area contributed by atoms with E-state index in [1.165, 1.54) is 23.4 Å². The molecule has 1 unspecified atom stereocenters. The zero-order valence-corrected chi connectivity index (χ0v) is 16.9. The van der Waals surface area contributed by atoms with Crippen LogP contribution in [0.4, 0.5) is 10.5 Å². The van der Waals surface area contributed by atoms with E-state index >= 15 is 0 Å². The van der Waals surface area contributed by atoms with Crippen LogP contribution in [-0.2, 0) is 9.59 Å². The number of imide groups is 1. The maximum atomic E-state index is 12.7. The van der Waals surface area contributed by atoms with Crippen LogP contribution in [0.2, 0.25) is 0 Å². The first-order chi connectivity index (χ1) is 13.9. The number of amides is 4. The number of carbonyl (C=O) groups is 3. The van der Waals surface area contributed by atoms with E-state index in [0.29, 0.717) is 27.9 Å². The second-order valence-corrected chi connectivity index (χ2v) is 7.76. The van der Waals surface area contributed by atoms with Crippen molar-refractivity contribution in [2.45, 2.75) is 6.92 Å². The molecule has 0 bridgehead atoms. The van der Waals surface area contributed by atoms with Crippen molar-refractivity contribution >= 4 is 47.3 Å². The Balaban J connectivity index is 1.48. The Morgan fingerprint density at radius 3 is 2.90 bits per heavy atom. The van der Waals surface area contributed by atoms with Crippen LogP contribution in [0.15, 0.2) is 33.7 Å². The SMILES string of the molecule is CC1=C(SCC(=O)Nc2ccc3c(c2)OCO3)C2C(=O)N(C)C(=O)[N+](C)=C2N=C1. The molecule has 0 aliphatic carbocycles. The number of fused-ring (bicyclic) bond motifs is 2. The van der Waals surface area contributed by atoms with Crippen molar-refractivity contribution in [1.82, 2.24) is 4.90 Å².